The predicted molar refractivity (Wildman–Crippen MR) is 142 cm³/mol. The average molecular weight is 549 g/mol. The van der Waals surface area contributed by atoms with Crippen LogP contribution < -0.4 is 5.73 Å². The van der Waals surface area contributed by atoms with Crippen LogP contribution in [-0.4, -0.2) is 55.1 Å². The molecule has 2 heterocycles. The summed E-state index contributed by atoms with van der Waals surface area (Å²) in [6.45, 7) is 5.57. The van der Waals surface area contributed by atoms with Gasteiger partial charge in [-0.15, -0.1) is 5.10 Å². The Morgan fingerprint density at radius 2 is 1.88 bits per heavy atom. The number of nitriles is 1. The van der Waals surface area contributed by atoms with Crippen molar-refractivity contribution in [2.75, 3.05) is 13.1 Å². The molecule has 3 N–H and O–H groups in total. The van der Waals surface area contributed by atoms with Crippen LogP contribution in [0.3, 0.4) is 0 Å². The van der Waals surface area contributed by atoms with Crippen LogP contribution in [0.2, 0.25) is 0 Å². The Labute approximate surface area is 228 Å². The van der Waals surface area contributed by atoms with Gasteiger partial charge in [-0.05, 0) is 74.2 Å². The number of amides is 1. The Bertz CT molecular complexity index is 1700. The minimum atomic E-state index is -1.26. The second-order valence-corrected chi connectivity index (χ2v) is 11.2. The minimum Gasteiger partial charge on any atom is -0.389 e. The zero-order valence-corrected chi connectivity index (χ0v) is 22.2. The maximum absolute atomic E-state index is 15.7. The van der Waals surface area contributed by atoms with Crippen molar-refractivity contribution in [1.29, 1.82) is 5.26 Å². The second kappa shape index (κ2) is 9.73. The summed E-state index contributed by atoms with van der Waals surface area (Å²) in [5, 5.41) is 27.2. The molecule has 5 rings (SSSR count). The molecule has 1 aliphatic heterocycles. The van der Waals surface area contributed by atoms with E-state index in [1.165, 1.54) is 50.2 Å². The maximum Gasteiger partial charge on any atom is 0.253 e. The third-order valence-electron chi connectivity index (χ3n) is 6.97. The van der Waals surface area contributed by atoms with E-state index in [1.807, 2.05) is 6.92 Å². The van der Waals surface area contributed by atoms with E-state index in [9.17, 15) is 14.3 Å². The van der Waals surface area contributed by atoms with Crippen molar-refractivity contribution in [1.82, 2.24) is 19.9 Å². The molecular formula is C29H27F3N6O2. The van der Waals surface area contributed by atoms with Crippen LogP contribution in [0.1, 0.15) is 43.1 Å². The topological polar surface area (TPSA) is 121 Å². The molecule has 8 nitrogen and oxygen atoms in total. The molecule has 1 fully saturated rings. The molecule has 40 heavy (non-hydrogen) atoms. The van der Waals surface area contributed by atoms with Gasteiger partial charge in [-0.25, -0.2) is 17.9 Å². The first-order valence-electron chi connectivity index (χ1n) is 12.6. The molecule has 0 spiro atoms. The first-order valence-corrected chi connectivity index (χ1v) is 12.6. The van der Waals surface area contributed by atoms with Crippen molar-refractivity contribution in [3.05, 3.63) is 71.0 Å². The molecule has 11 heteroatoms. The highest BCUT2D eigenvalue weighted by molar-refractivity contribution is 5.98. The standard InChI is InChI=1S/C29H27F3N6O2/c1-28(2,40)14-38-26-23(35-36-38)12-21(24(31)25(26)32)19-7-6-17(27(39)37-9-8-29(3,34)15-37)10-20(19)16-4-5-18(13-33)22(30)11-16/h4-7,10-12,40H,8-9,14-15,34H2,1-3H3. The summed E-state index contributed by atoms with van der Waals surface area (Å²) < 4.78 is 46.9. The van der Waals surface area contributed by atoms with Gasteiger partial charge in [-0.1, -0.05) is 17.3 Å². The smallest absolute Gasteiger partial charge is 0.253 e. The van der Waals surface area contributed by atoms with Gasteiger partial charge < -0.3 is 15.7 Å². The number of nitrogens with two attached hydrogens (primary N) is 1. The molecule has 3 aromatic carbocycles. The number of nitrogens with zero attached hydrogens (tertiary/aromatic N) is 5. The summed E-state index contributed by atoms with van der Waals surface area (Å²) in [7, 11) is 0. The van der Waals surface area contributed by atoms with Crippen LogP contribution in [0.25, 0.3) is 33.3 Å². The number of likely N-dealkylation sites (tertiary alicyclic amines) is 1. The van der Waals surface area contributed by atoms with Gasteiger partial charge in [-0.3, -0.25) is 4.79 Å². The highest BCUT2D eigenvalue weighted by Crippen LogP contribution is 2.38. The van der Waals surface area contributed by atoms with Gasteiger partial charge in [0.15, 0.2) is 11.6 Å². The molecule has 0 radical (unpaired) electrons. The van der Waals surface area contributed by atoms with Crippen molar-refractivity contribution in [3.63, 3.8) is 0 Å². The summed E-state index contributed by atoms with van der Waals surface area (Å²) >= 11 is 0. The fourth-order valence-corrected chi connectivity index (χ4v) is 5.01. The first kappa shape index (κ1) is 27.3. The van der Waals surface area contributed by atoms with Crippen molar-refractivity contribution in [2.45, 2.75) is 44.9 Å². The van der Waals surface area contributed by atoms with Crippen LogP contribution in [-0.2, 0) is 6.54 Å². The molecule has 0 bridgehead atoms. The van der Waals surface area contributed by atoms with E-state index >= 15 is 8.78 Å². The number of aromatic nitrogens is 3. The molecule has 0 aliphatic carbocycles. The third-order valence-corrected chi connectivity index (χ3v) is 6.97. The lowest BCUT2D eigenvalue weighted by atomic mass is 9.91. The van der Waals surface area contributed by atoms with Crippen molar-refractivity contribution in [3.8, 4) is 28.3 Å². The number of carbonyl (C=O) groups excluding carboxylic acids is 1. The number of fused-ring (bicyclic) bond motifs is 1. The molecule has 4 aromatic rings. The van der Waals surface area contributed by atoms with Gasteiger partial charge in [0.25, 0.3) is 5.91 Å². The largest absolute Gasteiger partial charge is 0.389 e. The van der Waals surface area contributed by atoms with Gasteiger partial charge >= 0.3 is 0 Å². The molecule has 1 aromatic heterocycles. The normalized spacial score (nSPS) is 17.4. The number of hydrogen-bond acceptors (Lipinski definition) is 6. The van der Waals surface area contributed by atoms with Crippen LogP contribution in [0, 0.1) is 28.8 Å². The van der Waals surface area contributed by atoms with Gasteiger partial charge in [0.05, 0.1) is 17.7 Å². The zero-order valence-electron chi connectivity index (χ0n) is 22.2. The highest BCUT2D eigenvalue weighted by atomic mass is 19.2. The number of aliphatic hydroxyl groups is 1. The van der Waals surface area contributed by atoms with Crippen LogP contribution in [0.4, 0.5) is 13.2 Å². The van der Waals surface area contributed by atoms with Gasteiger partial charge in [0.2, 0.25) is 0 Å². The monoisotopic (exact) mass is 548 g/mol. The lowest BCUT2D eigenvalue weighted by Crippen LogP contribution is -2.40. The number of carbonyl (C=O) groups is 1. The fraction of sp³-hybridized carbons (Fsp3) is 0.310. The van der Waals surface area contributed by atoms with E-state index in [0.29, 0.717) is 19.5 Å². The highest BCUT2D eigenvalue weighted by Gasteiger charge is 2.33. The lowest BCUT2D eigenvalue weighted by Gasteiger charge is -2.21. The maximum atomic E-state index is 15.7. The molecule has 1 saturated heterocycles. The Hall–Kier alpha value is -4.27. The number of halogens is 3. The molecule has 1 unspecified atom stereocenters. The van der Waals surface area contributed by atoms with Crippen LogP contribution in [0.5, 0.6) is 0 Å². The molecule has 0 saturated carbocycles. The summed E-state index contributed by atoms with van der Waals surface area (Å²) in [5.74, 6) is -3.50. The summed E-state index contributed by atoms with van der Waals surface area (Å²) in [4.78, 5) is 14.9. The summed E-state index contributed by atoms with van der Waals surface area (Å²) in [6.07, 6.45) is 0.628. The molecule has 1 atom stereocenters. The third kappa shape index (κ3) is 5.03. The number of rotatable bonds is 5. The SMILES string of the molecule is CC(C)(O)Cn1nnc2cc(-c3ccc(C(=O)N4CCC(C)(N)C4)cc3-c3ccc(C#N)c(F)c3)c(F)c(F)c21. The molecule has 1 amide bonds. The Kier molecular flexibility index (Phi) is 6.64. The number of hydrogen-bond donors (Lipinski definition) is 2. The van der Waals surface area contributed by atoms with Crippen molar-refractivity contribution >= 4 is 16.9 Å². The van der Waals surface area contributed by atoms with Crippen molar-refractivity contribution < 1.29 is 23.1 Å². The quantitative estimate of drug-likeness (QED) is 0.382. The lowest BCUT2D eigenvalue weighted by molar-refractivity contribution is 0.0583. The second-order valence-electron chi connectivity index (χ2n) is 11.2. The zero-order chi connectivity index (χ0) is 29.0. The van der Waals surface area contributed by atoms with Crippen LogP contribution in [0.15, 0.2) is 42.5 Å². The van der Waals surface area contributed by atoms with Gasteiger partial charge in [0.1, 0.15) is 22.9 Å². The molecular weight excluding hydrogens is 521 g/mol. The fourth-order valence-electron chi connectivity index (χ4n) is 5.01. The Morgan fingerprint density at radius 1 is 1.12 bits per heavy atom. The summed E-state index contributed by atoms with van der Waals surface area (Å²) in [5.41, 5.74) is 4.87. The minimum absolute atomic E-state index is 0.0505. The average Bonchev–Trinajstić information content (AvgIpc) is 3.46. The molecule has 206 valence electrons. The summed E-state index contributed by atoms with van der Waals surface area (Å²) in [6, 6.07) is 11.4. The van der Waals surface area contributed by atoms with Gasteiger partial charge in [-0.2, -0.15) is 5.26 Å². The van der Waals surface area contributed by atoms with Crippen LogP contribution >= 0.6 is 0 Å². The van der Waals surface area contributed by atoms with E-state index < -0.39 is 28.6 Å². The first-order chi connectivity index (χ1) is 18.8. The van der Waals surface area contributed by atoms with Gasteiger partial charge in [0, 0.05) is 29.8 Å². The Morgan fingerprint density at radius 3 is 2.50 bits per heavy atom. The van der Waals surface area contributed by atoms with Crippen molar-refractivity contribution in [2.24, 2.45) is 5.73 Å². The predicted octanol–water partition coefficient (Wildman–Crippen LogP) is 4.39. The molecule has 1 aliphatic rings. The van der Waals surface area contributed by atoms with E-state index in [4.69, 9.17) is 11.0 Å². The van der Waals surface area contributed by atoms with E-state index in [-0.39, 0.29) is 56.9 Å². The van der Waals surface area contributed by atoms with E-state index in [0.717, 1.165) is 10.7 Å². The van der Waals surface area contributed by atoms with E-state index in [2.05, 4.69) is 10.3 Å². The number of benzene rings is 3. The van der Waals surface area contributed by atoms with E-state index in [1.54, 1.807) is 11.0 Å². The Balaban J connectivity index is 1.68.